The van der Waals surface area contributed by atoms with E-state index >= 15 is 0 Å². The van der Waals surface area contributed by atoms with Crippen LogP contribution in [-0.4, -0.2) is 36.0 Å². The van der Waals surface area contributed by atoms with Crippen molar-refractivity contribution in [2.45, 2.75) is 0 Å². The number of amidine groups is 1. The van der Waals surface area contributed by atoms with E-state index in [0.717, 1.165) is 4.47 Å². The molecule has 0 bridgehead atoms. The molecule has 2 heterocycles. The molecule has 0 atom stereocenters. The van der Waals surface area contributed by atoms with Gasteiger partial charge in [0.15, 0.2) is 0 Å². The lowest BCUT2D eigenvalue weighted by Crippen LogP contribution is -2.29. The van der Waals surface area contributed by atoms with Crippen LogP contribution in [0, 0.1) is 0 Å². The Kier molecular flexibility index (Phi) is 3.40. The topological polar surface area (TPSA) is 66.7 Å². The minimum Gasteiger partial charge on any atom is -0.343 e. The minimum atomic E-state index is -0.225. The summed E-state index contributed by atoms with van der Waals surface area (Å²) in [6.45, 7) is 0.939. The smallest absolute Gasteiger partial charge is 0.270 e. The van der Waals surface area contributed by atoms with E-state index in [1.807, 2.05) is 0 Å². The minimum absolute atomic E-state index is 0.225. The fourth-order valence-corrected chi connectivity index (χ4v) is 1.43. The molecule has 0 saturated heterocycles. The number of carbonyl (C=O) groups is 1. The van der Waals surface area contributed by atoms with Crippen LogP contribution in [0.5, 0.6) is 0 Å². The number of pyridine rings is 1. The van der Waals surface area contributed by atoms with Gasteiger partial charge in [-0.25, -0.2) is 9.98 Å². The number of hydrogen-bond donors (Lipinski definition) is 1. The second-order valence-corrected chi connectivity index (χ2v) is 4.03. The molecule has 0 aromatic carbocycles. The number of halogens is 1. The molecular formula is C10H9BrN4O. The fourth-order valence-electron chi connectivity index (χ4n) is 1.19. The molecule has 0 spiro atoms. The van der Waals surface area contributed by atoms with E-state index in [1.54, 1.807) is 24.5 Å². The van der Waals surface area contributed by atoms with E-state index in [2.05, 4.69) is 36.2 Å². The fraction of sp³-hybridized carbons (Fsp3) is 0.200. The van der Waals surface area contributed by atoms with Crippen molar-refractivity contribution >= 4 is 33.9 Å². The van der Waals surface area contributed by atoms with Crippen molar-refractivity contribution in [1.82, 2.24) is 10.3 Å². The second kappa shape index (κ2) is 4.98. The van der Waals surface area contributed by atoms with E-state index in [-0.39, 0.29) is 5.91 Å². The Hall–Kier alpha value is -1.56. The number of carbonyl (C=O) groups excluding carboxylic acids is 1. The van der Waals surface area contributed by atoms with Gasteiger partial charge in [-0.1, -0.05) is 0 Å². The standard InChI is InChI=1S/C10H9BrN4O/c11-7-1-2-8(14-5-7)10(16)15-6-9-12-3-4-13-9/h1-3,5H,4,6H2,(H,15,16). The predicted octanol–water partition coefficient (Wildman–Crippen LogP) is 1.06. The number of aliphatic imine (C=N–C) groups is 2. The quantitative estimate of drug-likeness (QED) is 0.900. The van der Waals surface area contributed by atoms with Crippen molar-refractivity contribution in [1.29, 1.82) is 0 Å². The molecule has 1 aromatic rings. The third-order valence-electron chi connectivity index (χ3n) is 1.96. The van der Waals surface area contributed by atoms with Gasteiger partial charge < -0.3 is 5.32 Å². The zero-order valence-electron chi connectivity index (χ0n) is 8.35. The first-order valence-corrected chi connectivity index (χ1v) is 5.50. The van der Waals surface area contributed by atoms with Crippen molar-refractivity contribution in [3.63, 3.8) is 0 Å². The zero-order valence-corrected chi connectivity index (χ0v) is 9.94. The van der Waals surface area contributed by atoms with E-state index < -0.39 is 0 Å². The lowest BCUT2D eigenvalue weighted by molar-refractivity contribution is 0.0954. The summed E-state index contributed by atoms with van der Waals surface area (Å²) in [6.07, 6.45) is 3.29. The Morgan fingerprint density at radius 3 is 3.00 bits per heavy atom. The third kappa shape index (κ3) is 2.73. The molecule has 1 aliphatic rings. The van der Waals surface area contributed by atoms with E-state index in [1.165, 1.54) is 0 Å². The Bertz CT molecular complexity index is 452. The maximum Gasteiger partial charge on any atom is 0.270 e. The van der Waals surface area contributed by atoms with Gasteiger partial charge >= 0.3 is 0 Å². The monoisotopic (exact) mass is 280 g/mol. The molecule has 0 fully saturated rings. The van der Waals surface area contributed by atoms with Gasteiger partial charge in [0, 0.05) is 16.9 Å². The van der Waals surface area contributed by atoms with Gasteiger partial charge in [-0.05, 0) is 28.1 Å². The SMILES string of the molecule is O=C(NCC1=NCC=N1)c1ccc(Br)cn1. The molecule has 0 saturated carbocycles. The summed E-state index contributed by atoms with van der Waals surface area (Å²) in [6, 6.07) is 3.42. The summed E-state index contributed by atoms with van der Waals surface area (Å²) in [4.78, 5) is 23.7. The molecule has 1 aliphatic heterocycles. The largest absolute Gasteiger partial charge is 0.343 e. The maximum absolute atomic E-state index is 11.6. The van der Waals surface area contributed by atoms with Gasteiger partial charge in [-0.3, -0.25) is 9.79 Å². The number of hydrogen-bond acceptors (Lipinski definition) is 4. The van der Waals surface area contributed by atoms with Crippen LogP contribution in [0.3, 0.4) is 0 Å². The Morgan fingerprint density at radius 2 is 2.38 bits per heavy atom. The third-order valence-corrected chi connectivity index (χ3v) is 2.43. The van der Waals surface area contributed by atoms with Crippen LogP contribution in [0.25, 0.3) is 0 Å². The second-order valence-electron chi connectivity index (χ2n) is 3.11. The van der Waals surface area contributed by atoms with Crippen LogP contribution in [0.15, 0.2) is 32.8 Å². The first-order chi connectivity index (χ1) is 7.75. The van der Waals surface area contributed by atoms with Crippen LogP contribution < -0.4 is 5.32 Å². The van der Waals surface area contributed by atoms with E-state index in [4.69, 9.17) is 0 Å². The number of amides is 1. The average molecular weight is 281 g/mol. The Morgan fingerprint density at radius 1 is 1.50 bits per heavy atom. The van der Waals surface area contributed by atoms with Crippen molar-refractivity contribution in [3.05, 3.63) is 28.5 Å². The lowest BCUT2D eigenvalue weighted by Gasteiger charge is -2.02. The highest BCUT2D eigenvalue weighted by atomic mass is 79.9. The molecule has 6 heteroatoms. The Labute approximate surface area is 101 Å². The number of rotatable bonds is 3. The van der Waals surface area contributed by atoms with Crippen LogP contribution >= 0.6 is 15.9 Å². The van der Waals surface area contributed by atoms with Gasteiger partial charge in [0.1, 0.15) is 11.5 Å². The van der Waals surface area contributed by atoms with Crippen LogP contribution in [0.2, 0.25) is 0 Å². The highest BCUT2D eigenvalue weighted by Crippen LogP contribution is 2.07. The van der Waals surface area contributed by atoms with Crippen molar-refractivity contribution in [3.8, 4) is 0 Å². The summed E-state index contributed by atoms with van der Waals surface area (Å²) in [5.74, 6) is 0.419. The molecule has 82 valence electrons. The van der Waals surface area contributed by atoms with Gasteiger partial charge in [0.25, 0.3) is 5.91 Å². The highest BCUT2D eigenvalue weighted by Gasteiger charge is 2.08. The van der Waals surface area contributed by atoms with Gasteiger partial charge in [-0.15, -0.1) is 0 Å². The molecule has 16 heavy (non-hydrogen) atoms. The van der Waals surface area contributed by atoms with Crippen molar-refractivity contribution in [2.24, 2.45) is 9.98 Å². The van der Waals surface area contributed by atoms with Gasteiger partial charge in [0.2, 0.25) is 0 Å². The zero-order chi connectivity index (χ0) is 11.4. The number of nitrogens with zero attached hydrogens (tertiary/aromatic N) is 3. The summed E-state index contributed by atoms with van der Waals surface area (Å²) < 4.78 is 0.841. The molecule has 1 amide bonds. The van der Waals surface area contributed by atoms with Crippen LogP contribution in [0.1, 0.15) is 10.5 Å². The van der Waals surface area contributed by atoms with E-state index in [9.17, 15) is 4.79 Å². The highest BCUT2D eigenvalue weighted by molar-refractivity contribution is 9.10. The molecule has 0 aliphatic carbocycles. The summed E-state index contributed by atoms with van der Waals surface area (Å²) in [5, 5.41) is 2.70. The molecule has 0 unspecified atom stereocenters. The first kappa shape index (κ1) is 10.9. The molecule has 5 nitrogen and oxygen atoms in total. The Balaban J connectivity index is 1.92. The van der Waals surface area contributed by atoms with Gasteiger partial charge in [-0.2, -0.15) is 0 Å². The maximum atomic E-state index is 11.6. The number of nitrogens with one attached hydrogen (secondary N) is 1. The number of aromatic nitrogens is 1. The molecule has 1 aromatic heterocycles. The average Bonchev–Trinajstić information content (AvgIpc) is 2.80. The normalized spacial score (nSPS) is 13.7. The van der Waals surface area contributed by atoms with Gasteiger partial charge in [0.05, 0.1) is 13.1 Å². The molecule has 2 rings (SSSR count). The summed E-state index contributed by atoms with van der Waals surface area (Å²) in [5.41, 5.74) is 0.380. The van der Waals surface area contributed by atoms with Crippen molar-refractivity contribution < 1.29 is 4.79 Å². The summed E-state index contributed by atoms with van der Waals surface area (Å²) in [7, 11) is 0. The molecular weight excluding hydrogens is 272 g/mol. The van der Waals surface area contributed by atoms with E-state index in [0.29, 0.717) is 24.6 Å². The molecule has 1 N–H and O–H groups in total. The first-order valence-electron chi connectivity index (χ1n) is 4.71. The van der Waals surface area contributed by atoms with Crippen LogP contribution in [0.4, 0.5) is 0 Å². The van der Waals surface area contributed by atoms with Crippen molar-refractivity contribution in [2.75, 3.05) is 13.1 Å². The van der Waals surface area contributed by atoms with Crippen LogP contribution in [-0.2, 0) is 0 Å². The molecule has 0 radical (unpaired) electrons. The predicted molar refractivity (Wildman–Crippen MR) is 65.1 cm³/mol. The summed E-state index contributed by atoms with van der Waals surface area (Å²) >= 11 is 3.25. The lowest BCUT2D eigenvalue weighted by atomic mass is 10.3.